The maximum absolute atomic E-state index is 12.9. The molecule has 30 heavy (non-hydrogen) atoms. The Morgan fingerprint density at radius 1 is 0.933 bits per heavy atom. The van der Waals surface area contributed by atoms with Crippen molar-refractivity contribution in [2.24, 2.45) is 0 Å². The van der Waals surface area contributed by atoms with E-state index < -0.39 is 0 Å². The highest BCUT2D eigenvalue weighted by molar-refractivity contribution is 6.05. The molecule has 4 rings (SSSR count). The molecule has 1 aliphatic heterocycles. The van der Waals surface area contributed by atoms with Gasteiger partial charge in [-0.2, -0.15) is 0 Å². The van der Waals surface area contributed by atoms with E-state index in [0.29, 0.717) is 17.0 Å². The Hall–Kier alpha value is -3.38. The molecule has 6 heteroatoms. The number of carbonyl (C=O) groups is 1. The average Bonchev–Trinajstić information content (AvgIpc) is 2.80. The zero-order chi connectivity index (χ0) is 20.9. The van der Waals surface area contributed by atoms with Crippen LogP contribution in [0.3, 0.4) is 0 Å². The predicted molar refractivity (Wildman–Crippen MR) is 120 cm³/mol. The first-order chi connectivity index (χ1) is 14.7. The molecule has 0 spiro atoms. The van der Waals surface area contributed by atoms with E-state index in [1.165, 1.54) is 0 Å². The number of likely N-dealkylation sites (N-methyl/N-ethyl adjacent to an activating group) is 1. The van der Waals surface area contributed by atoms with Gasteiger partial charge in [0.2, 0.25) is 0 Å². The molecule has 0 bridgehead atoms. The van der Waals surface area contributed by atoms with Gasteiger partial charge >= 0.3 is 0 Å². The minimum atomic E-state index is -0.162. The quantitative estimate of drug-likeness (QED) is 0.704. The minimum absolute atomic E-state index is 0.162. The van der Waals surface area contributed by atoms with E-state index >= 15 is 0 Å². The van der Waals surface area contributed by atoms with Crippen molar-refractivity contribution >= 4 is 17.3 Å². The SMILES string of the molecule is COc1c(NC(=O)c2ccc(-c3ccncc3)cc2)cccc1N1CCN(C)CC1. The molecule has 0 atom stereocenters. The lowest BCUT2D eigenvalue weighted by Gasteiger charge is -2.35. The molecule has 1 N–H and O–H groups in total. The number of anilines is 2. The summed E-state index contributed by atoms with van der Waals surface area (Å²) in [7, 11) is 3.78. The van der Waals surface area contributed by atoms with Crippen LogP contribution >= 0.6 is 0 Å². The van der Waals surface area contributed by atoms with Gasteiger partial charge in [-0.3, -0.25) is 9.78 Å². The fourth-order valence-electron chi connectivity index (χ4n) is 3.69. The van der Waals surface area contributed by atoms with E-state index in [-0.39, 0.29) is 5.91 Å². The van der Waals surface area contributed by atoms with Gasteiger partial charge in [0.15, 0.2) is 5.75 Å². The molecule has 0 saturated carbocycles. The zero-order valence-corrected chi connectivity index (χ0v) is 17.3. The molecule has 3 aromatic rings. The number of benzene rings is 2. The highest BCUT2D eigenvalue weighted by atomic mass is 16.5. The fourth-order valence-corrected chi connectivity index (χ4v) is 3.69. The molecular formula is C24H26N4O2. The first-order valence-electron chi connectivity index (χ1n) is 10.1. The second-order valence-electron chi connectivity index (χ2n) is 7.42. The number of pyridine rings is 1. The highest BCUT2D eigenvalue weighted by Crippen LogP contribution is 2.36. The van der Waals surface area contributed by atoms with Gasteiger partial charge in [-0.15, -0.1) is 0 Å². The van der Waals surface area contributed by atoms with Crippen LogP contribution in [0.1, 0.15) is 10.4 Å². The molecule has 154 valence electrons. The molecule has 2 heterocycles. The van der Waals surface area contributed by atoms with E-state index in [1.807, 2.05) is 54.6 Å². The largest absolute Gasteiger partial charge is 0.492 e. The zero-order valence-electron chi connectivity index (χ0n) is 17.3. The number of piperazine rings is 1. The van der Waals surface area contributed by atoms with Crippen molar-refractivity contribution in [1.29, 1.82) is 0 Å². The standard InChI is InChI=1S/C24H26N4O2/c1-27-14-16-28(17-15-27)22-5-3-4-21(23(22)30-2)26-24(29)20-8-6-18(7-9-20)19-10-12-25-13-11-19/h3-13H,14-17H2,1-2H3,(H,26,29). The summed E-state index contributed by atoms with van der Waals surface area (Å²) in [5.41, 5.74) is 4.40. The number of amides is 1. The van der Waals surface area contributed by atoms with Crippen LogP contribution in [-0.2, 0) is 0 Å². The van der Waals surface area contributed by atoms with E-state index in [9.17, 15) is 4.79 Å². The lowest BCUT2D eigenvalue weighted by atomic mass is 10.0. The summed E-state index contributed by atoms with van der Waals surface area (Å²) >= 11 is 0. The molecule has 6 nitrogen and oxygen atoms in total. The lowest BCUT2D eigenvalue weighted by Crippen LogP contribution is -2.44. The van der Waals surface area contributed by atoms with Crippen LogP contribution in [0.25, 0.3) is 11.1 Å². The van der Waals surface area contributed by atoms with Gasteiger partial charge in [0, 0.05) is 44.1 Å². The monoisotopic (exact) mass is 402 g/mol. The molecule has 0 unspecified atom stereocenters. The summed E-state index contributed by atoms with van der Waals surface area (Å²) in [6.07, 6.45) is 3.52. The summed E-state index contributed by atoms with van der Waals surface area (Å²) < 4.78 is 5.69. The third-order valence-electron chi connectivity index (χ3n) is 5.45. The second kappa shape index (κ2) is 8.97. The van der Waals surface area contributed by atoms with Crippen LogP contribution in [0.4, 0.5) is 11.4 Å². The Bertz CT molecular complexity index is 997. The Labute approximate surface area is 177 Å². The molecule has 1 aromatic heterocycles. The van der Waals surface area contributed by atoms with Crippen LogP contribution in [0.15, 0.2) is 67.0 Å². The van der Waals surface area contributed by atoms with E-state index in [2.05, 4.69) is 27.1 Å². The van der Waals surface area contributed by atoms with Crippen LogP contribution in [0, 0.1) is 0 Å². The molecular weight excluding hydrogens is 376 g/mol. The smallest absolute Gasteiger partial charge is 0.255 e. The molecule has 1 aliphatic rings. The van der Waals surface area contributed by atoms with Gasteiger partial charge in [0.25, 0.3) is 5.91 Å². The number of aromatic nitrogens is 1. The molecule has 0 aliphatic carbocycles. The number of rotatable bonds is 5. The van der Waals surface area contributed by atoms with Gasteiger partial charge < -0.3 is 19.9 Å². The number of nitrogens with one attached hydrogen (secondary N) is 1. The molecule has 1 amide bonds. The summed E-state index contributed by atoms with van der Waals surface area (Å²) in [4.78, 5) is 21.5. The van der Waals surface area contributed by atoms with Gasteiger partial charge in [-0.25, -0.2) is 0 Å². The third kappa shape index (κ3) is 4.28. The molecule has 2 aromatic carbocycles. The predicted octanol–water partition coefficient (Wildman–Crippen LogP) is 3.76. The van der Waals surface area contributed by atoms with E-state index in [0.717, 1.165) is 43.0 Å². The van der Waals surface area contributed by atoms with Crippen molar-refractivity contribution in [2.75, 3.05) is 50.6 Å². The van der Waals surface area contributed by atoms with Gasteiger partial charge in [-0.05, 0) is 54.6 Å². The van der Waals surface area contributed by atoms with Crippen LogP contribution in [0.2, 0.25) is 0 Å². The van der Waals surface area contributed by atoms with Gasteiger partial charge in [-0.1, -0.05) is 18.2 Å². The first-order valence-corrected chi connectivity index (χ1v) is 10.1. The average molecular weight is 402 g/mol. The van der Waals surface area contributed by atoms with Crippen molar-refractivity contribution in [3.63, 3.8) is 0 Å². The normalized spacial score (nSPS) is 14.4. The number of carbonyl (C=O) groups excluding carboxylic acids is 1. The Kier molecular flexibility index (Phi) is 5.95. The number of ether oxygens (including phenoxy) is 1. The van der Waals surface area contributed by atoms with Crippen molar-refractivity contribution in [2.45, 2.75) is 0 Å². The minimum Gasteiger partial charge on any atom is -0.492 e. The van der Waals surface area contributed by atoms with Crippen molar-refractivity contribution in [3.8, 4) is 16.9 Å². The maximum atomic E-state index is 12.9. The van der Waals surface area contributed by atoms with Crippen LogP contribution in [0.5, 0.6) is 5.75 Å². The summed E-state index contributed by atoms with van der Waals surface area (Å²) in [6.45, 7) is 3.87. The summed E-state index contributed by atoms with van der Waals surface area (Å²) in [5.74, 6) is 0.536. The van der Waals surface area contributed by atoms with E-state index in [4.69, 9.17) is 4.74 Å². The Morgan fingerprint density at radius 3 is 2.27 bits per heavy atom. The fraction of sp³-hybridized carbons (Fsp3) is 0.250. The summed E-state index contributed by atoms with van der Waals surface area (Å²) in [5, 5.41) is 3.01. The molecule has 1 fully saturated rings. The summed E-state index contributed by atoms with van der Waals surface area (Å²) in [6, 6.07) is 17.3. The third-order valence-corrected chi connectivity index (χ3v) is 5.45. The van der Waals surface area contributed by atoms with Crippen LogP contribution < -0.4 is 15.0 Å². The number of para-hydroxylation sites is 1. The van der Waals surface area contributed by atoms with Crippen LogP contribution in [-0.4, -0.2) is 56.1 Å². The lowest BCUT2D eigenvalue weighted by molar-refractivity contribution is 0.102. The topological polar surface area (TPSA) is 57.7 Å². The number of methoxy groups -OCH3 is 1. The molecule has 0 radical (unpaired) electrons. The number of hydrogen-bond acceptors (Lipinski definition) is 5. The Balaban J connectivity index is 1.52. The Morgan fingerprint density at radius 2 is 1.60 bits per heavy atom. The number of hydrogen-bond donors (Lipinski definition) is 1. The second-order valence-corrected chi connectivity index (χ2v) is 7.42. The maximum Gasteiger partial charge on any atom is 0.255 e. The number of nitrogens with zero attached hydrogens (tertiary/aromatic N) is 3. The first kappa shape index (κ1) is 19.9. The van der Waals surface area contributed by atoms with Gasteiger partial charge in [0.05, 0.1) is 18.5 Å². The van der Waals surface area contributed by atoms with Crippen molar-refractivity contribution < 1.29 is 9.53 Å². The van der Waals surface area contributed by atoms with E-state index in [1.54, 1.807) is 19.5 Å². The van der Waals surface area contributed by atoms with Crippen molar-refractivity contribution in [1.82, 2.24) is 9.88 Å². The van der Waals surface area contributed by atoms with Crippen molar-refractivity contribution in [3.05, 3.63) is 72.6 Å². The molecule has 1 saturated heterocycles. The highest BCUT2D eigenvalue weighted by Gasteiger charge is 2.20. The van der Waals surface area contributed by atoms with Gasteiger partial charge in [0.1, 0.15) is 0 Å².